The summed E-state index contributed by atoms with van der Waals surface area (Å²) in [7, 11) is 0. The molecule has 3 rings (SSSR count). The van der Waals surface area contributed by atoms with Gasteiger partial charge in [-0.05, 0) is 68.4 Å². The zero-order valence-corrected chi connectivity index (χ0v) is 18.2. The Morgan fingerprint density at radius 2 is 1.59 bits per heavy atom. The monoisotopic (exact) mass is 489 g/mol. The quantitative estimate of drug-likeness (QED) is 0.586. The van der Waals surface area contributed by atoms with Crippen LogP contribution in [0.1, 0.15) is 12.8 Å². The predicted octanol–water partition coefficient (Wildman–Crippen LogP) is 5.18. The molecule has 1 fully saturated rings. The van der Waals surface area contributed by atoms with Crippen LogP contribution in [0.4, 0.5) is 24.5 Å². The Morgan fingerprint density at radius 3 is 2.19 bits per heavy atom. The Bertz CT molecular complexity index is 963. The molecule has 2 amide bonds. The maximum atomic E-state index is 12.5. The van der Waals surface area contributed by atoms with Gasteiger partial charge in [0.15, 0.2) is 0 Å². The molecule has 0 atom stereocenters. The fourth-order valence-electron chi connectivity index (χ4n) is 3.32. The topological polar surface area (TPSA) is 70.7 Å². The molecular weight excluding hydrogens is 470 g/mol. The standard InChI is InChI=1S/C21H20Cl2F3N3O3/c22-17-6-3-15(11-18(17)23)27-19(30)12-29-9-7-13(8-10-29)20(31)28-14-1-4-16(5-2-14)32-21(24,25)26/h1-6,11,13H,7-10,12H2,(H,27,30)(H,28,31). The van der Waals surface area contributed by atoms with Gasteiger partial charge in [-0.2, -0.15) is 0 Å². The number of benzene rings is 2. The van der Waals surface area contributed by atoms with Crippen LogP contribution in [-0.2, 0) is 9.59 Å². The minimum Gasteiger partial charge on any atom is -0.406 e. The van der Waals surface area contributed by atoms with Crippen LogP contribution < -0.4 is 15.4 Å². The highest BCUT2D eigenvalue weighted by molar-refractivity contribution is 6.42. The number of likely N-dealkylation sites (tertiary alicyclic amines) is 1. The third kappa shape index (κ3) is 7.29. The normalized spacial score (nSPS) is 15.3. The van der Waals surface area contributed by atoms with Gasteiger partial charge in [-0.3, -0.25) is 14.5 Å². The van der Waals surface area contributed by atoms with E-state index in [-0.39, 0.29) is 30.0 Å². The summed E-state index contributed by atoms with van der Waals surface area (Å²) in [6, 6.07) is 9.80. The van der Waals surface area contributed by atoms with Crippen LogP contribution in [-0.4, -0.2) is 42.7 Å². The van der Waals surface area contributed by atoms with E-state index >= 15 is 0 Å². The van der Waals surface area contributed by atoms with E-state index in [9.17, 15) is 22.8 Å². The lowest BCUT2D eigenvalue weighted by Gasteiger charge is -2.30. The second kappa shape index (κ2) is 10.4. The van der Waals surface area contributed by atoms with Gasteiger partial charge < -0.3 is 15.4 Å². The van der Waals surface area contributed by atoms with E-state index in [0.29, 0.717) is 47.4 Å². The van der Waals surface area contributed by atoms with Gasteiger partial charge in [-0.15, -0.1) is 13.2 Å². The third-order valence-corrected chi connectivity index (χ3v) is 5.62. The number of ether oxygens (including phenoxy) is 1. The molecule has 1 saturated heterocycles. The van der Waals surface area contributed by atoms with Gasteiger partial charge in [0.05, 0.1) is 16.6 Å². The summed E-state index contributed by atoms with van der Waals surface area (Å²) in [4.78, 5) is 26.7. The number of piperidine rings is 1. The molecule has 0 aliphatic carbocycles. The van der Waals surface area contributed by atoms with Gasteiger partial charge in [-0.1, -0.05) is 23.2 Å². The molecular formula is C21H20Cl2F3N3O3. The van der Waals surface area contributed by atoms with Crippen LogP contribution in [0.5, 0.6) is 5.75 Å². The highest BCUT2D eigenvalue weighted by atomic mass is 35.5. The van der Waals surface area contributed by atoms with Crippen molar-refractivity contribution < 1.29 is 27.5 Å². The van der Waals surface area contributed by atoms with E-state index < -0.39 is 6.36 Å². The van der Waals surface area contributed by atoms with Crippen molar-refractivity contribution in [3.8, 4) is 5.75 Å². The number of carbonyl (C=O) groups excluding carboxylic acids is 2. The first-order chi connectivity index (χ1) is 15.1. The highest BCUT2D eigenvalue weighted by Gasteiger charge is 2.31. The predicted molar refractivity (Wildman–Crippen MR) is 116 cm³/mol. The van der Waals surface area contributed by atoms with E-state index in [1.54, 1.807) is 18.2 Å². The van der Waals surface area contributed by atoms with Crippen molar-refractivity contribution in [1.29, 1.82) is 0 Å². The number of hydrogen-bond acceptors (Lipinski definition) is 4. The number of alkyl halides is 3. The molecule has 172 valence electrons. The molecule has 0 saturated carbocycles. The Hall–Kier alpha value is -2.49. The first kappa shape index (κ1) is 24.2. The van der Waals surface area contributed by atoms with Crippen LogP contribution in [0.3, 0.4) is 0 Å². The summed E-state index contributed by atoms with van der Waals surface area (Å²) in [6.07, 6.45) is -3.65. The van der Waals surface area contributed by atoms with E-state index in [0.717, 1.165) is 12.1 Å². The summed E-state index contributed by atoms with van der Waals surface area (Å²) in [5, 5.41) is 6.21. The molecule has 0 aromatic heterocycles. The molecule has 1 aliphatic heterocycles. The first-order valence-corrected chi connectivity index (χ1v) is 10.5. The van der Waals surface area contributed by atoms with Crippen molar-refractivity contribution in [1.82, 2.24) is 4.90 Å². The van der Waals surface area contributed by atoms with Gasteiger partial charge in [0, 0.05) is 17.3 Å². The minimum atomic E-state index is -4.77. The molecule has 2 aromatic rings. The Balaban J connectivity index is 1.43. The largest absolute Gasteiger partial charge is 0.573 e. The third-order valence-electron chi connectivity index (χ3n) is 4.88. The summed E-state index contributed by atoms with van der Waals surface area (Å²) in [6.45, 7) is 1.30. The molecule has 0 radical (unpaired) electrons. The number of rotatable bonds is 6. The number of amides is 2. The van der Waals surface area contributed by atoms with Crippen molar-refractivity contribution in [3.63, 3.8) is 0 Å². The van der Waals surface area contributed by atoms with Crippen LogP contribution in [0, 0.1) is 5.92 Å². The van der Waals surface area contributed by atoms with Crippen LogP contribution in [0.25, 0.3) is 0 Å². The molecule has 0 bridgehead atoms. The average Bonchev–Trinajstić information content (AvgIpc) is 2.71. The number of nitrogens with one attached hydrogen (secondary N) is 2. The summed E-state index contributed by atoms with van der Waals surface area (Å²) in [5.41, 5.74) is 0.929. The molecule has 2 aromatic carbocycles. The van der Waals surface area contributed by atoms with E-state index in [1.165, 1.54) is 12.1 Å². The number of anilines is 2. The average molecular weight is 490 g/mol. The molecule has 2 N–H and O–H groups in total. The fraction of sp³-hybridized carbons (Fsp3) is 0.333. The van der Waals surface area contributed by atoms with Crippen molar-refractivity contribution >= 4 is 46.4 Å². The molecule has 32 heavy (non-hydrogen) atoms. The van der Waals surface area contributed by atoms with Gasteiger partial charge in [-0.25, -0.2) is 0 Å². The lowest BCUT2D eigenvalue weighted by atomic mass is 9.96. The van der Waals surface area contributed by atoms with Crippen molar-refractivity contribution in [2.45, 2.75) is 19.2 Å². The van der Waals surface area contributed by atoms with E-state index in [1.807, 2.05) is 4.90 Å². The first-order valence-electron chi connectivity index (χ1n) is 9.73. The molecule has 6 nitrogen and oxygen atoms in total. The smallest absolute Gasteiger partial charge is 0.406 e. The van der Waals surface area contributed by atoms with Crippen LogP contribution >= 0.6 is 23.2 Å². The van der Waals surface area contributed by atoms with E-state index in [4.69, 9.17) is 23.2 Å². The Morgan fingerprint density at radius 1 is 0.969 bits per heavy atom. The highest BCUT2D eigenvalue weighted by Crippen LogP contribution is 2.26. The maximum absolute atomic E-state index is 12.5. The molecule has 11 heteroatoms. The minimum absolute atomic E-state index is 0.176. The SMILES string of the molecule is O=C(CN1CCC(C(=O)Nc2ccc(OC(F)(F)F)cc2)CC1)Nc1ccc(Cl)c(Cl)c1. The zero-order valence-electron chi connectivity index (χ0n) is 16.7. The second-order valence-corrected chi connectivity index (χ2v) is 8.10. The van der Waals surface area contributed by atoms with Gasteiger partial charge in [0.25, 0.3) is 0 Å². The van der Waals surface area contributed by atoms with Gasteiger partial charge >= 0.3 is 6.36 Å². The fourth-order valence-corrected chi connectivity index (χ4v) is 3.61. The van der Waals surface area contributed by atoms with E-state index in [2.05, 4.69) is 15.4 Å². The second-order valence-electron chi connectivity index (χ2n) is 7.29. The maximum Gasteiger partial charge on any atom is 0.573 e. The van der Waals surface area contributed by atoms with Crippen molar-refractivity contribution in [2.75, 3.05) is 30.3 Å². The van der Waals surface area contributed by atoms with Crippen molar-refractivity contribution in [3.05, 3.63) is 52.5 Å². The summed E-state index contributed by atoms with van der Waals surface area (Å²) < 4.78 is 40.4. The number of carbonyl (C=O) groups is 2. The van der Waals surface area contributed by atoms with Crippen LogP contribution in [0.15, 0.2) is 42.5 Å². The Labute approximate surface area is 192 Å². The lowest BCUT2D eigenvalue weighted by Crippen LogP contribution is -2.41. The lowest BCUT2D eigenvalue weighted by molar-refractivity contribution is -0.274. The number of nitrogens with zero attached hydrogens (tertiary/aromatic N) is 1. The number of hydrogen-bond donors (Lipinski definition) is 2. The summed E-state index contributed by atoms with van der Waals surface area (Å²) >= 11 is 11.8. The van der Waals surface area contributed by atoms with Gasteiger partial charge in [0.1, 0.15) is 5.75 Å². The summed E-state index contributed by atoms with van der Waals surface area (Å²) in [5.74, 6) is -1.03. The van der Waals surface area contributed by atoms with Gasteiger partial charge in [0.2, 0.25) is 11.8 Å². The Kier molecular flexibility index (Phi) is 7.86. The molecule has 0 spiro atoms. The molecule has 1 aliphatic rings. The van der Waals surface area contributed by atoms with Crippen LogP contribution in [0.2, 0.25) is 10.0 Å². The van der Waals surface area contributed by atoms with Crippen molar-refractivity contribution in [2.24, 2.45) is 5.92 Å². The zero-order chi connectivity index (χ0) is 23.3. The molecule has 1 heterocycles. The molecule has 0 unspecified atom stereocenters. The number of halogens is 5.